The molecule has 0 radical (unpaired) electrons. The first-order chi connectivity index (χ1) is 14.5. The number of likely N-dealkylation sites (tertiary alicyclic amines) is 1. The minimum atomic E-state index is -0.325. The zero-order chi connectivity index (χ0) is 21.3. The van der Waals surface area contributed by atoms with E-state index in [1.165, 1.54) is 35.4 Å². The monoisotopic (exact) mass is 412 g/mol. The van der Waals surface area contributed by atoms with Gasteiger partial charge < -0.3 is 15.0 Å². The van der Waals surface area contributed by atoms with E-state index in [9.17, 15) is 14.0 Å². The number of hydrogen-bond donors (Lipinski definition) is 1. The predicted octanol–water partition coefficient (Wildman–Crippen LogP) is 3.36. The third-order valence-corrected chi connectivity index (χ3v) is 5.61. The van der Waals surface area contributed by atoms with E-state index in [0.29, 0.717) is 18.1 Å². The molecule has 1 fully saturated rings. The van der Waals surface area contributed by atoms with Crippen LogP contribution in [0.15, 0.2) is 48.5 Å². The van der Waals surface area contributed by atoms with E-state index in [-0.39, 0.29) is 24.2 Å². The summed E-state index contributed by atoms with van der Waals surface area (Å²) in [5.41, 5.74) is 2.46. The fraction of sp³-hybridized carbons (Fsp3) is 0.417. The number of halogens is 1. The molecule has 1 aliphatic heterocycles. The Kier molecular flexibility index (Phi) is 7.82. The number of nitrogens with zero attached hydrogens (tertiary/aromatic N) is 1. The van der Waals surface area contributed by atoms with E-state index in [4.69, 9.17) is 4.74 Å². The average Bonchev–Trinajstić information content (AvgIpc) is 2.78. The molecule has 2 aromatic carbocycles. The number of rotatable bonds is 8. The lowest BCUT2D eigenvalue weighted by atomic mass is 9.89. The summed E-state index contributed by atoms with van der Waals surface area (Å²) >= 11 is 0. The van der Waals surface area contributed by atoms with Crippen molar-refractivity contribution in [2.24, 2.45) is 5.92 Å². The fourth-order valence-corrected chi connectivity index (χ4v) is 3.71. The molecule has 0 unspecified atom stereocenters. The number of ether oxygens (including phenoxy) is 1. The quantitative estimate of drug-likeness (QED) is 0.723. The topological polar surface area (TPSA) is 58.6 Å². The first-order valence-electron chi connectivity index (χ1n) is 10.5. The van der Waals surface area contributed by atoms with Crippen molar-refractivity contribution < 1.29 is 18.7 Å². The molecule has 1 heterocycles. The molecule has 30 heavy (non-hydrogen) atoms. The number of nitrogens with one attached hydrogen (secondary N) is 1. The number of amides is 2. The normalized spacial score (nSPS) is 14.4. The van der Waals surface area contributed by atoms with Crippen molar-refractivity contribution in [2.45, 2.75) is 32.1 Å². The van der Waals surface area contributed by atoms with E-state index in [2.05, 4.69) is 29.6 Å². The van der Waals surface area contributed by atoms with Gasteiger partial charge in [0.05, 0.1) is 0 Å². The van der Waals surface area contributed by atoms with Crippen LogP contribution in [0, 0.1) is 11.7 Å². The fourth-order valence-electron chi connectivity index (χ4n) is 3.71. The molecule has 0 saturated carbocycles. The van der Waals surface area contributed by atoms with Crippen LogP contribution in [-0.4, -0.2) is 43.5 Å². The van der Waals surface area contributed by atoms with Crippen LogP contribution in [0.5, 0.6) is 5.75 Å². The van der Waals surface area contributed by atoms with Crippen LogP contribution in [0.1, 0.15) is 30.4 Å². The summed E-state index contributed by atoms with van der Waals surface area (Å²) in [5, 5.41) is 2.64. The third-order valence-electron chi connectivity index (χ3n) is 5.61. The van der Waals surface area contributed by atoms with Crippen molar-refractivity contribution in [3.8, 4) is 5.75 Å². The van der Waals surface area contributed by atoms with Gasteiger partial charge in [-0.05, 0) is 67.0 Å². The number of hydrogen-bond acceptors (Lipinski definition) is 3. The molecule has 1 aliphatic rings. The molecular formula is C24H29FN2O3. The Morgan fingerprint density at radius 2 is 1.67 bits per heavy atom. The lowest BCUT2D eigenvalue weighted by Gasteiger charge is -2.32. The second kappa shape index (κ2) is 10.8. The van der Waals surface area contributed by atoms with E-state index < -0.39 is 0 Å². The van der Waals surface area contributed by atoms with Gasteiger partial charge >= 0.3 is 0 Å². The van der Waals surface area contributed by atoms with E-state index in [0.717, 1.165) is 38.8 Å². The van der Waals surface area contributed by atoms with Crippen LogP contribution < -0.4 is 10.1 Å². The van der Waals surface area contributed by atoms with Gasteiger partial charge in [-0.25, -0.2) is 4.39 Å². The first-order valence-corrected chi connectivity index (χ1v) is 10.5. The predicted molar refractivity (Wildman–Crippen MR) is 114 cm³/mol. The Morgan fingerprint density at radius 1 is 1.03 bits per heavy atom. The molecule has 2 aromatic rings. The molecular weight excluding hydrogens is 383 g/mol. The number of aryl methyl sites for hydroxylation is 1. The van der Waals surface area contributed by atoms with Crippen molar-refractivity contribution in [1.82, 2.24) is 10.2 Å². The lowest BCUT2D eigenvalue weighted by molar-refractivity contribution is -0.134. The van der Waals surface area contributed by atoms with Gasteiger partial charge in [0, 0.05) is 26.6 Å². The second-order valence-corrected chi connectivity index (χ2v) is 7.76. The van der Waals surface area contributed by atoms with Crippen LogP contribution in [0.2, 0.25) is 0 Å². The van der Waals surface area contributed by atoms with Crippen LogP contribution in [0.4, 0.5) is 4.39 Å². The number of benzene rings is 2. The lowest BCUT2D eigenvalue weighted by Crippen LogP contribution is -2.41. The minimum absolute atomic E-state index is 0.0200. The molecule has 6 heteroatoms. The highest BCUT2D eigenvalue weighted by Gasteiger charge is 2.23. The number of carbonyl (C=O) groups is 2. The van der Waals surface area contributed by atoms with Gasteiger partial charge in [0.15, 0.2) is 6.61 Å². The molecule has 0 spiro atoms. The smallest absolute Gasteiger partial charge is 0.260 e. The Hall–Kier alpha value is -2.89. The highest BCUT2D eigenvalue weighted by molar-refractivity contribution is 5.77. The molecule has 2 amide bonds. The van der Waals surface area contributed by atoms with Crippen molar-refractivity contribution in [3.63, 3.8) is 0 Å². The Morgan fingerprint density at radius 3 is 2.30 bits per heavy atom. The van der Waals surface area contributed by atoms with Crippen LogP contribution in [0.25, 0.3) is 0 Å². The minimum Gasteiger partial charge on any atom is -0.484 e. The highest BCUT2D eigenvalue weighted by Crippen LogP contribution is 2.22. The summed E-state index contributed by atoms with van der Waals surface area (Å²) in [6.45, 7) is 1.45. The summed E-state index contributed by atoms with van der Waals surface area (Å²) < 4.78 is 18.4. The number of piperidine rings is 1. The number of carbonyl (C=O) groups excluding carboxylic acids is 2. The second-order valence-electron chi connectivity index (χ2n) is 7.76. The van der Waals surface area contributed by atoms with Crippen molar-refractivity contribution in [2.75, 3.05) is 26.7 Å². The van der Waals surface area contributed by atoms with Crippen LogP contribution >= 0.6 is 0 Å². The average molecular weight is 413 g/mol. The van der Waals surface area contributed by atoms with Gasteiger partial charge in [0.2, 0.25) is 5.91 Å². The largest absolute Gasteiger partial charge is 0.484 e. The van der Waals surface area contributed by atoms with Gasteiger partial charge in [-0.2, -0.15) is 0 Å². The Bertz CT molecular complexity index is 829. The maximum absolute atomic E-state index is 12.9. The summed E-state index contributed by atoms with van der Waals surface area (Å²) in [5.74, 6) is 0.762. The molecule has 1 saturated heterocycles. The summed E-state index contributed by atoms with van der Waals surface area (Å²) in [6.07, 6.45) is 4.21. The molecule has 160 valence electrons. The SMILES string of the molecule is CNC(=O)CCc1ccc(CC2CCN(C(=O)COc3ccc(F)cc3)CC2)cc1. The van der Waals surface area contributed by atoms with Crippen molar-refractivity contribution >= 4 is 11.8 Å². The van der Waals surface area contributed by atoms with Gasteiger partial charge in [-0.3, -0.25) is 9.59 Å². The first kappa shape index (κ1) is 21.8. The summed E-state index contributed by atoms with van der Waals surface area (Å²) in [4.78, 5) is 25.6. The molecule has 0 aliphatic carbocycles. The standard InChI is InChI=1S/C24H29FN2O3/c1-26-23(28)11-6-18-2-4-19(5-3-18)16-20-12-14-27(15-13-20)24(29)17-30-22-9-7-21(25)8-10-22/h2-5,7-10,20H,6,11-17H2,1H3,(H,26,28). The molecule has 3 rings (SSSR count). The van der Waals surface area contributed by atoms with Gasteiger partial charge in [0.25, 0.3) is 5.91 Å². The molecule has 0 bridgehead atoms. The Balaban J connectivity index is 1.39. The molecule has 1 N–H and O–H groups in total. The summed E-state index contributed by atoms with van der Waals surface area (Å²) in [7, 11) is 1.66. The van der Waals surface area contributed by atoms with E-state index in [1.54, 1.807) is 7.05 Å². The molecule has 0 aromatic heterocycles. The maximum Gasteiger partial charge on any atom is 0.260 e. The highest BCUT2D eigenvalue weighted by atomic mass is 19.1. The Labute approximate surface area is 177 Å². The maximum atomic E-state index is 12.9. The van der Waals surface area contributed by atoms with Gasteiger partial charge in [0.1, 0.15) is 11.6 Å². The van der Waals surface area contributed by atoms with Gasteiger partial charge in [-0.1, -0.05) is 24.3 Å². The van der Waals surface area contributed by atoms with Crippen molar-refractivity contribution in [3.05, 3.63) is 65.5 Å². The van der Waals surface area contributed by atoms with Crippen molar-refractivity contribution in [1.29, 1.82) is 0 Å². The van der Waals surface area contributed by atoms with E-state index in [1.807, 2.05) is 4.90 Å². The van der Waals surface area contributed by atoms with Gasteiger partial charge in [-0.15, -0.1) is 0 Å². The molecule has 5 nitrogen and oxygen atoms in total. The third kappa shape index (κ3) is 6.58. The zero-order valence-corrected chi connectivity index (χ0v) is 17.4. The zero-order valence-electron chi connectivity index (χ0n) is 17.4. The van der Waals surface area contributed by atoms with Crippen LogP contribution in [0.3, 0.4) is 0 Å². The van der Waals surface area contributed by atoms with E-state index >= 15 is 0 Å². The summed E-state index contributed by atoms with van der Waals surface area (Å²) in [6, 6.07) is 14.2. The van der Waals surface area contributed by atoms with Crippen LogP contribution in [-0.2, 0) is 22.4 Å². The molecule has 0 atom stereocenters.